The van der Waals surface area contributed by atoms with Crippen molar-refractivity contribution in [1.82, 2.24) is 5.32 Å². The van der Waals surface area contributed by atoms with Crippen LogP contribution in [0.4, 0.5) is 10.1 Å². The zero-order valence-electron chi connectivity index (χ0n) is 15.9. The summed E-state index contributed by atoms with van der Waals surface area (Å²) in [5, 5.41) is 3.62. The van der Waals surface area contributed by atoms with E-state index < -0.39 is 5.82 Å². The lowest BCUT2D eigenvalue weighted by Gasteiger charge is -2.11. The summed E-state index contributed by atoms with van der Waals surface area (Å²) in [6, 6.07) is 11.8. The Morgan fingerprint density at radius 2 is 2.14 bits per heavy atom. The molecule has 1 aliphatic heterocycles. The number of rotatable bonds is 4. The first-order chi connectivity index (χ1) is 14.0. The van der Waals surface area contributed by atoms with Crippen LogP contribution in [0.2, 0.25) is 0 Å². The van der Waals surface area contributed by atoms with Gasteiger partial charge in [-0.15, -0.1) is 0 Å². The Bertz CT molecular complexity index is 1140. The van der Waals surface area contributed by atoms with Crippen molar-refractivity contribution in [2.24, 2.45) is 4.99 Å². The lowest BCUT2D eigenvalue weighted by Crippen LogP contribution is -2.34. The van der Waals surface area contributed by atoms with Crippen molar-refractivity contribution < 1.29 is 18.3 Å². The molecule has 1 saturated heterocycles. The van der Waals surface area contributed by atoms with Gasteiger partial charge in [-0.3, -0.25) is 4.79 Å². The topological polar surface area (TPSA) is 63.8 Å². The predicted molar refractivity (Wildman–Crippen MR) is 112 cm³/mol. The van der Waals surface area contributed by atoms with E-state index in [1.54, 1.807) is 24.3 Å². The van der Waals surface area contributed by atoms with Gasteiger partial charge in [-0.2, -0.15) is 0 Å². The largest absolute Gasteiger partial charge is 0.438 e. The number of nitrogens with zero attached hydrogens (tertiary/aromatic N) is 1. The summed E-state index contributed by atoms with van der Waals surface area (Å²) in [5.74, 6) is -0.814. The first-order valence-corrected chi connectivity index (χ1v) is 10.2. The van der Waals surface area contributed by atoms with Crippen LogP contribution in [0.15, 0.2) is 56.3 Å². The molecule has 0 radical (unpaired) electrons. The summed E-state index contributed by atoms with van der Waals surface area (Å²) in [7, 11) is 0. The van der Waals surface area contributed by atoms with E-state index in [1.807, 2.05) is 19.1 Å². The summed E-state index contributed by atoms with van der Waals surface area (Å²) in [6.07, 6.45) is 1.92. The quantitative estimate of drug-likeness (QED) is 0.611. The molecule has 29 heavy (non-hydrogen) atoms. The number of hydrogen-bond acceptors (Lipinski definition) is 4. The van der Waals surface area contributed by atoms with Gasteiger partial charge >= 0.3 is 0 Å². The van der Waals surface area contributed by atoms with Gasteiger partial charge in [0.15, 0.2) is 0 Å². The van der Waals surface area contributed by atoms with Crippen molar-refractivity contribution in [3.8, 4) is 0 Å². The lowest BCUT2D eigenvalue weighted by atomic mass is 10.1. The maximum absolute atomic E-state index is 14.2. The molecular formula is C22H20BrFN2O3. The molecule has 1 fully saturated rings. The zero-order chi connectivity index (χ0) is 20.4. The monoisotopic (exact) mass is 458 g/mol. The van der Waals surface area contributed by atoms with Crippen LogP contribution < -0.4 is 10.9 Å². The maximum atomic E-state index is 14.2. The highest BCUT2D eigenvalue weighted by Crippen LogP contribution is 2.22. The highest BCUT2D eigenvalue weighted by atomic mass is 79.9. The molecule has 5 nitrogen and oxygen atoms in total. The Kier molecular flexibility index (Phi) is 5.78. The smallest absolute Gasteiger partial charge is 0.256 e. The van der Waals surface area contributed by atoms with Gasteiger partial charge in [-0.25, -0.2) is 9.38 Å². The summed E-state index contributed by atoms with van der Waals surface area (Å²) in [6.45, 7) is 2.98. The van der Waals surface area contributed by atoms with Gasteiger partial charge in [-0.05, 0) is 61.7 Å². The second-order valence-electron chi connectivity index (χ2n) is 7.06. The minimum atomic E-state index is -0.479. The Hall–Kier alpha value is -2.51. The Morgan fingerprint density at radius 3 is 2.93 bits per heavy atom. The Balaban J connectivity index is 1.79. The van der Waals surface area contributed by atoms with Crippen LogP contribution in [0.5, 0.6) is 0 Å². The molecule has 2 aromatic carbocycles. The number of carbonyl (C=O) groups is 1. The summed E-state index contributed by atoms with van der Waals surface area (Å²) in [4.78, 5) is 17.2. The standard InChI is InChI=1S/C22H20BrFN2O3/c1-13-4-6-18(24)19(9-13)26-22-17(21(27)25-12-16-3-2-8-28-16)11-14-10-15(23)5-7-20(14)29-22/h4-7,9-11,16H,2-3,8,12H2,1H3,(H,25,27)/t16-/m0/s1. The third-order valence-corrected chi connectivity index (χ3v) is 5.28. The molecule has 4 rings (SSSR count). The van der Waals surface area contributed by atoms with Crippen LogP contribution in [0.1, 0.15) is 28.8 Å². The molecule has 0 saturated carbocycles. The lowest BCUT2D eigenvalue weighted by molar-refractivity contribution is 0.0854. The number of benzene rings is 2. The molecule has 0 spiro atoms. The predicted octanol–water partition coefficient (Wildman–Crippen LogP) is 4.78. The van der Waals surface area contributed by atoms with E-state index in [0.29, 0.717) is 18.7 Å². The van der Waals surface area contributed by atoms with Crippen LogP contribution in [-0.4, -0.2) is 25.2 Å². The van der Waals surface area contributed by atoms with E-state index in [0.717, 1.165) is 28.3 Å². The molecule has 1 amide bonds. The van der Waals surface area contributed by atoms with Crippen molar-refractivity contribution in [3.05, 3.63) is 69.4 Å². The highest BCUT2D eigenvalue weighted by Gasteiger charge is 2.19. The first kappa shape index (κ1) is 19.8. The van der Waals surface area contributed by atoms with Crippen molar-refractivity contribution in [1.29, 1.82) is 0 Å². The van der Waals surface area contributed by atoms with Gasteiger partial charge < -0.3 is 14.5 Å². The van der Waals surface area contributed by atoms with Gasteiger partial charge in [0.1, 0.15) is 22.7 Å². The molecule has 0 bridgehead atoms. The van der Waals surface area contributed by atoms with Crippen molar-refractivity contribution >= 4 is 38.5 Å². The Labute approximate surface area is 175 Å². The fourth-order valence-corrected chi connectivity index (χ4v) is 3.65. The minimum Gasteiger partial charge on any atom is -0.438 e. The second-order valence-corrected chi connectivity index (χ2v) is 7.97. The molecule has 1 atom stereocenters. The zero-order valence-corrected chi connectivity index (χ0v) is 17.5. The number of carbonyl (C=O) groups excluding carboxylic acids is 1. The summed E-state index contributed by atoms with van der Waals surface area (Å²) < 4.78 is 26.6. The van der Waals surface area contributed by atoms with Crippen LogP contribution in [0.3, 0.4) is 0 Å². The number of halogens is 2. The normalized spacial score (nSPS) is 17.1. The van der Waals surface area contributed by atoms with Crippen LogP contribution in [-0.2, 0) is 4.74 Å². The van der Waals surface area contributed by atoms with Gasteiger partial charge in [0.2, 0.25) is 5.55 Å². The van der Waals surface area contributed by atoms with Crippen molar-refractivity contribution in [2.45, 2.75) is 25.9 Å². The average molecular weight is 459 g/mol. The van der Waals surface area contributed by atoms with Crippen molar-refractivity contribution in [2.75, 3.05) is 13.2 Å². The van der Waals surface area contributed by atoms with E-state index in [4.69, 9.17) is 9.15 Å². The van der Waals surface area contributed by atoms with E-state index in [-0.39, 0.29) is 28.8 Å². The SMILES string of the molecule is Cc1ccc(F)c(N=c2oc3ccc(Br)cc3cc2C(=O)NC[C@@H]2CCCO2)c1. The van der Waals surface area contributed by atoms with Gasteiger partial charge in [0.25, 0.3) is 5.91 Å². The molecule has 0 unspecified atom stereocenters. The fourth-order valence-electron chi connectivity index (χ4n) is 3.27. The first-order valence-electron chi connectivity index (χ1n) is 9.44. The minimum absolute atomic E-state index is 0.0140. The molecule has 150 valence electrons. The van der Waals surface area contributed by atoms with E-state index in [9.17, 15) is 9.18 Å². The summed E-state index contributed by atoms with van der Waals surface area (Å²) >= 11 is 3.43. The van der Waals surface area contributed by atoms with E-state index in [2.05, 4.69) is 26.2 Å². The molecule has 7 heteroatoms. The average Bonchev–Trinajstić information content (AvgIpc) is 3.22. The molecular weight excluding hydrogens is 439 g/mol. The maximum Gasteiger partial charge on any atom is 0.256 e. The molecule has 2 heterocycles. The molecule has 0 aliphatic carbocycles. The number of fused-ring (bicyclic) bond motifs is 1. The third-order valence-electron chi connectivity index (χ3n) is 4.79. The molecule has 1 N–H and O–H groups in total. The van der Waals surface area contributed by atoms with Gasteiger partial charge in [-0.1, -0.05) is 22.0 Å². The highest BCUT2D eigenvalue weighted by molar-refractivity contribution is 9.10. The van der Waals surface area contributed by atoms with E-state index >= 15 is 0 Å². The van der Waals surface area contributed by atoms with Gasteiger partial charge in [0, 0.05) is 23.0 Å². The van der Waals surface area contributed by atoms with Crippen LogP contribution >= 0.6 is 15.9 Å². The number of aryl methyl sites for hydroxylation is 1. The van der Waals surface area contributed by atoms with E-state index in [1.165, 1.54) is 6.07 Å². The number of amides is 1. The molecule has 3 aromatic rings. The number of ether oxygens (including phenoxy) is 1. The summed E-state index contributed by atoms with van der Waals surface area (Å²) in [5.41, 5.74) is 1.84. The van der Waals surface area contributed by atoms with Gasteiger partial charge in [0.05, 0.1) is 6.10 Å². The number of nitrogens with one attached hydrogen (secondary N) is 1. The molecule has 1 aromatic heterocycles. The number of hydrogen-bond donors (Lipinski definition) is 1. The van der Waals surface area contributed by atoms with Crippen LogP contribution in [0, 0.1) is 12.7 Å². The fraction of sp³-hybridized carbons (Fsp3) is 0.273. The third kappa shape index (κ3) is 4.57. The Morgan fingerprint density at radius 1 is 1.28 bits per heavy atom. The second kappa shape index (κ2) is 8.47. The van der Waals surface area contributed by atoms with Crippen LogP contribution in [0.25, 0.3) is 11.0 Å². The molecule has 1 aliphatic rings. The van der Waals surface area contributed by atoms with Crippen molar-refractivity contribution in [3.63, 3.8) is 0 Å².